The highest BCUT2D eigenvalue weighted by Crippen LogP contribution is 2.20. The third-order valence-corrected chi connectivity index (χ3v) is 3.18. The van der Waals surface area contributed by atoms with Crippen LogP contribution in [0, 0.1) is 13.8 Å². The van der Waals surface area contributed by atoms with Gasteiger partial charge in [-0.25, -0.2) is 4.98 Å². The van der Waals surface area contributed by atoms with Gasteiger partial charge in [0, 0.05) is 5.54 Å². The molecule has 1 aromatic heterocycles. The van der Waals surface area contributed by atoms with Crippen LogP contribution in [-0.2, 0) is 0 Å². The van der Waals surface area contributed by atoms with Crippen LogP contribution >= 0.6 is 0 Å². The van der Waals surface area contributed by atoms with Crippen molar-refractivity contribution in [2.24, 2.45) is 0 Å². The van der Waals surface area contributed by atoms with Crippen LogP contribution in [0.3, 0.4) is 0 Å². The maximum absolute atomic E-state index is 4.48. The van der Waals surface area contributed by atoms with Crippen LogP contribution in [0.2, 0.25) is 0 Å². The first kappa shape index (κ1) is 12.0. The molecule has 0 saturated carbocycles. The predicted molar refractivity (Wildman–Crippen MR) is 64.1 cm³/mol. The molecule has 0 saturated heterocycles. The van der Waals surface area contributed by atoms with Crippen LogP contribution in [0.15, 0.2) is 6.20 Å². The summed E-state index contributed by atoms with van der Waals surface area (Å²) in [6.07, 6.45) is 3.97. The summed E-state index contributed by atoms with van der Waals surface area (Å²) < 4.78 is 0. The summed E-state index contributed by atoms with van der Waals surface area (Å²) in [5, 5.41) is 3.45. The minimum absolute atomic E-state index is 0.121. The van der Waals surface area contributed by atoms with Crippen molar-refractivity contribution in [3.05, 3.63) is 17.6 Å². The van der Waals surface area contributed by atoms with Gasteiger partial charge in [0.15, 0.2) is 0 Å². The van der Waals surface area contributed by atoms with Crippen LogP contribution in [0.4, 0.5) is 5.82 Å². The molecule has 3 heteroatoms. The second-order valence-electron chi connectivity index (χ2n) is 4.32. The molecule has 0 aliphatic carbocycles. The standard InChI is InChI=1S/C12H21N3/c1-6-12(5,7-2)15-11-8-13-9(3)10(4)14-11/h8H,6-7H2,1-5H3,(H,14,15). The molecule has 1 N–H and O–H groups in total. The third-order valence-electron chi connectivity index (χ3n) is 3.18. The average Bonchev–Trinajstić information content (AvgIpc) is 2.23. The van der Waals surface area contributed by atoms with Gasteiger partial charge >= 0.3 is 0 Å². The van der Waals surface area contributed by atoms with Gasteiger partial charge in [-0.2, -0.15) is 0 Å². The van der Waals surface area contributed by atoms with E-state index in [-0.39, 0.29) is 5.54 Å². The van der Waals surface area contributed by atoms with Crippen LogP contribution in [-0.4, -0.2) is 15.5 Å². The minimum Gasteiger partial charge on any atom is -0.364 e. The first-order valence-corrected chi connectivity index (χ1v) is 5.59. The SMILES string of the molecule is CCC(C)(CC)Nc1cnc(C)c(C)n1. The van der Waals surface area contributed by atoms with Gasteiger partial charge in [0.2, 0.25) is 0 Å². The summed E-state index contributed by atoms with van der Waals surface area (Å²) in [6, 6.07) is 0. The third kappa shape index (κ3) is 2.91. The molecule has 0 spiro atoms. The molecule has 0 atom stereocenters. The zero-order valence-corrected chi connectivity index (χ0v) is 10.4. The lowest BCUT2D eigenvalue weighted by Crippen LogP contribution is -2.33. The lowest BCUT2D eigenvalue weighted by Gasteiger charge is -2.28. The van der Waals surface area contributed by atoms with Crippen molar-refractivity contribution in [2.75, 3.05) is 5.32 Å². The molecule has 1 aromatic rings. The number of nitrogens with zero attached hydrogens (tertiary/aromatic N) is 2. The second-order valence-corrected chi connectivity index (χ2v) is 4.32. The predicted octanol–water partition coefficient (Wildman–Crippen LogP) is 3.08. The summed E-state index contributed by atoms with van der Waals surface area (Å²) in [6.45, 7) is 10.5. The highest BCUT2D eigenvalue weighted by Gasteiger charge is 2.19. The molecule has 0 bridgehead atoms. The van der Waals surface area contributed by atoms with Crippen molar-refractivity contribution >= 4 is 5.82 Å². The van der Waals surface area contributed by atoms with Crippen molar-refractivity contribution in [1.29, 1.82) is 0 Å². The Bertz CT molecular complexity index is 330. The van der Waals surface area contributed by atoms with E-state index in [9.17, 15) is 0 Å². The zero-order valence-electron chi connectivity index (χ0n) is 10.4. The molecule has 0 radical (unpaired) electrons. The molecule has 84 valence electrons. The molecule has 1 heterocycles. The highest BCUT2D eigenvalue weighted by molar-refractivity contribution is 5.36. The quantitative estimate of drug-likeness (QED) is 0.824. The maximum atomic E-state index is 4.48. The summed E-state index contributed by atoms with van der Waals surface area (Å²) in [5.41, 5.74) is 2.11. The molecular formula is C12H21N3. The van der Waals surface area contributed by atoms with Gasteiger partial charge in [-0.15, -0.1) is 0 Å². The zero-order chi connectivity index (χ0) is 11.5. The normalized spacial score (nSPS) is 11.5. The molecule has 1 rings (SSSR count). The Morgan fingerprint density at radius 2 is 1.80 bits per heavy atom. The lowest BCUT2D eigenvalue weighted by molar-refractivity contribution is 0.476. The number of hydrogen-bond acceptors (Lipinski definition) is 3. The number of rotatable bonds is 4. The van der Waals surface area contributed by atoms with E-state index in [1.807, 2.05) is 20.0 Å². The van der Waals surface area contributed by atoms with E-state index in [1.165, 1.54) is 0 Å². The first-order chi connectivity index (χ1) is 7.00. The smallest absolute Gasteiger partial charge is 0.145 e. The summed E-state index contributed by atoms with van der Waals surface area (Å²) in [7, 11) is 0. The molecule has 0 aromatic carbocycles. The van der Waals surface area contributed by atoms with Crippen molar-refractivity contribution in [2.45, 2.75) is 53.0 Å². The summed E-state index contributed by atoms with van der Waals surface area (Å²) in [5.74, 6) is 0.879. The van der Waals surface area contributed by atoms with Gasteiger partial charge in [0.1, 0.15) is 5.82 Å². The van der Waals surface area contributed by atoms with Crippen molar-refractivity contribution in [1.82, 2.24) is 9.97 Å². The van der Waals surface area contributed by atoms with Gasteiger partial charge in [0.25, 0.3) is 0 Å². The molecule has 0 aliphatic heterocycles. The fourth-order valence-corrected chi connectivity index (χ4v) is 1.34. The molecule has 15 heavy (non-hydrogen) atoms. The molecule has 3 nitrogen and oxygen atoms in total. The average molecular weight is 207 g/mol. The number of anilines is 1. The van der Waals surface area contributed by atoms with Crippen LogP contribution in [0.1, 0.15) is 45.0 Å². The largest absolute Gasteiger partial charge is 0.364 e. The van der Waals surface area contributed by atoms with Crippen molar-refractivity contribution in [3.63, 3.8) is 0 Å². The molecular weight excluding hydrogens is 186 g/mol. The van der Waals surface area contributed by atoms with Crippen molar-refractivity contribution in [3.8, 4) is 0 Å². The van der Waals surface area contributed by atoms with Crippen LogP contribution in [0.5, 0.6) is 0 Å². The highest BCUT2D eigenvalue weighted by atomic mass is 15.1. The molecule has 0 amide bonds. The summed E-state index contributed by atoms with van der Waals surface area (Å²) in [4.78, 5) is 8.79. The van der Waals surface area contributed by atoms with Crippen molar-refractivity contribution < 1.29 is 0 Å². The lowest BCUT2D eigenvalue weighted by atomic mass is 9.96. The minimum atomic E-state index is 0.121. The van der Waals surface area contributed by atoms with Gasteiger partial charge < -0.3 is 5.32 Å². The Morgan fingerprint density at radius 1 is 1.20 bits per heavy atom. The fraction of sp³-hybridized carbons (Fsp3) is 0.667. The Balaban J connectivity index is 2.85. The topological polar surface area (TPSA) is 37.8 Å². The summed E-state index contributed by atoms with van der Waals surface area (Å²) >= 11 is 0. The molecule has 0 unspecified atom stereocenters. The van der Waals surface area contributed by atoms with E-state index in [1.54, 1.807) is 0 Å². The monoisotopic (exact) mass is 207 g/mol. The van der Waals surface area contributed by atoms with E-state index < -0.39 is 0 Å². The number of hydrogen-bond donors (Lipinski definition) is 1. The molecule has 0 fully saturated rings. The number of nitrogens with one attached hydrogen (secondary N) is 1. The van der Waals surface area contributed by atoms with Gasteiger partial charge in [-0.1, -0.05) is 13.8 Å². The number of aryl methyl sites for hydroxylation is 2. The second kappa shape index (κ2) is 4.60. The Kier molecular flexibility index (Phi) is 3.66. The van der Waals surface area contributed by atoms with E-state index >= 15 is 0 Å². The Labute approximate surface area is 92.3 Å². The molecule has 0 aliphatic rings. The Morgan fingerprint density at radius 3 is 2.27 bits per heavy atom. The van der Waals surface area contributed by atoms with Gasteiger partial charge in [-0.05, 0) is 33.6 Å². The van der Waals surface area contributed by atoms with Crippen LogP contribution < -0.4 is 5.32 Å². The van der Waals surface area contributed by atoms with Gasteiger partial charge in [0.05, 0.1) is 17.6 Å². The fourth-order valence-electron chi connectivity index (χ4n) is 1.34. The number of aromatic nitrogens is 2. The first-order valence-electron chi connectivity index (χ1n) is 5.59. The van der Waals surface area contributed by atoms with E-state index in [0.717, 1.165) is 30.0 Å². The van der Waals surface area contributed by atoms with Gasteiger partial charge in [-0.3, -0.25) is 4.98 Å². The maximum Gasteiger partial charge on any atom is 0.145 e. The van der Waals surface area contributed by atoms with E-state index in [4.69, 9.17) is 0 Å². The van der Waals surface area contributed by atoms with Crippen LogP contribution in [0.25, 0.3) is 0 Å². The Hall–Kier alpha value is -1.12. The van der Waals surface area contributed by atoms with E-state index in [2.05, 4.69) is 36.1 Å². The van der Waals surface area contributed by atoms with E-state index in [0.29, 0.717) is 0 Å².